The second-order valence-corrected chi connectivity index (χ2v) is 10.6. The standard InChI is InChI=1S/C27H31ClFN5O/c28-22-7-4-8-23(25(22)29)32-26(35)33-17-27(18-33,11-12-30)34-13-9-19(10-14-34)16-31-24-15-21(24)20-5-2-1-3-6-20/h1-8,19,21,24,31H,9-11,13-18H2,(H,32,35). The van der Waals surface area contributed by atoms with Crippen LogP contribution in [0.2, 0.25) is 5.02 Å². The van der Waals surface area contributed by atoms with Gasteiger partial charge in [0, 0.05) is 25.0 Å². The summed E-state index contributed by atoms with van der Waals surface area (Å²) in [6, 6.07) is 17.8. The van der Waals surface area contributed by atoms with Crippen molar-refractivity contribution in [1.82, 2.24) is 15.1 Å². The number of carbonyl (C=O) groups is 1. The molecular weight excluding hydrogens is 465 g/mol. The third kappa shape index (κ3) is 5.16. The number of piperidine rings is 1. The Morgan fingerprint density at radius 1 is 1.14 bits per heavy atom. The van der Waals surface area contributed by atoms with Gasteiger partial charge in [0.15, 0.2) is 5.82 Å². The Morgan fingerprint density at radius 2 is 1.89 bits per heavy atom. The zero-order valence-corrected chi connectivity index (χ0v) is 20.5. The first kappa shape index (κ1) is 24.1. The summed E-state index contributed by atoms with van der Waals surface area (Å²) in [6.07, 6.45) is 3.77. The average Bonchev–Trinajstić information content (AvgIpc) is 3.63. The van der Waals surface area contributed by atoms with E-state index in [4.69, 9.17) is 11.6 Å². The van der Waals surface area contributed by atoms with E-state index < -0.39 is 5.82 Å². The first-order chi connectivity index (χ1) is 17.0. The van der Waals surface area contributed by atoms with Crippen molar-refractivity contribution < 1.29 is 9.18 Å². The van der Waals surface area contributed by atoms with Crippen LogP contribution in [-0.2, 0) is 0 Å². The molecular formula is C27H31ClFN5O. The number of urea groups is 1. The molecule has 0 spiro atoms. The van der Waals surface area contributed by atoms with Gasteiger partial charge in [-0.2, -0.15) is 5.26 Å². The van der Waals surface area contributed by atoms with Gasteiger partial charge in [-0.3, -0.25) is 4.90 Å². The normalized spacial score (nSPS) is 23.9. The maximum Gasteiger partial charge on any atom is 0.322 e. The molecule has 1 aliphatic carbocycles. The highest BCUT2D eigenvalue weighted by atomic mass is 35.5. The fourth-order valence-electron chi connectivity index (χ4n) is 5.59. The van der Waals surface area contributed by atoms with Gasteiger partial charge in [0.25, 0.3) is 0 Å². The summed E-state index contributed by atoms with van der Waals surface area (Å²) in [5, 5.41) is 15.8. The van der Waals surface area contributed by atoms with E-state index in [1.165, 1.54) is 24.1 Å². The molecule has 2 N–H and O–H groups in total. The van der Waals surface area contributed by atoms with Crippen molar-refractivity contribution in [3.8, 4) is 6.07 Å². The lowest BCUT2D eigenvalue weighted by molar-refractivity contribution is -0.0432. The van der Waals surface area contributed by atoms with Crippen LogP contribution in [0.1, 0.15) is 37.2 Å². The zero-order valence-electron chi connectivity index (χ0n) is 19.7. The highest BCUT2D eigenvalue weighted by molar-refractivity contribution is 6.31. The fraction of sp³-hybridized carbons (Fsp3) is 0.481. The predicted octanol–water partition coefficient (Wildman–Crippen LogP) is 4.84. The molecule has 2 heterocycles. The lowest BCUT2D eigenvalue weighted by Crippen LogP contribution is -2.72. The van der Waals surface area contributed by atoms with Crippen molar-refractivity contribution in [3.63, 3.8) is 0 Å². The van der Waals surface area contributed by atoms with Crippen molar-refractivity contribution in [2.45, 2.75) is 43.2 Å². The van der Waals surface area contributed by atoms with Gasteiger partial charge in [0.05, 0.1) is 28.7 Å². The molecule has 1 saturated carbocycles. The molecule has 0 radical (unpaired) electrons. The molecule has 2 aromatic rings. The van der Waals surface area contributed by atoms with Crippen LogP contribution in [0, 0.1) is 23.1 Å². The van der Waals surface area contributed by atoms with Crippen LogP contribution in [-0.4, -0.2) is 60.1 Å². The van der Waals surface area contributed by atoms with E-state index in [0.717, 1.165) is 32.5 Å². The highest BCUT2D eigenvalue weighted by Gasteiger charge is 2.50. The van der Waals surface area contributed by atoms with Gasteiger partial charge in [0.2, 0.25) is 0 Å². The lowest BCUT2D eigenvalue weighted by atomic mass is 9.82. The van der Waals surface area contributed by atoms with Crippen molar-refractivity contribution in [2.75, 3.05) is 38.0 Å². The van der Waals surface area contributed by atoms with E-state index in [2.05, 4.69) is 51.9 Å². The number of likely N-dealkylation sites (tertiary alicyclic amines) is 2. The van der Waals surface area contributed by atoms with Crippen LogP contribution in [0.3, 0.4) is 0 Å². The maximum absolute atomic E-state index is 14.2. The minimum Gasteiger partial charge on any atom is -0.321 e. The van der Waals surface area contributed by atoms with Gasteiger partial charge in [-0.05, 0) is 62.5 Å². The topological polar surface area (TPSA) is 71.4 Å². The number of carbonyl (C=O) groups excluding carboxylic acids is 1. The number of halogens is 2. The quantitative estimate of drug-likeness (QED) is 0.576. The number of nitrogens with zero attached hydrogens (tertiary/aromatic N) is 3. The molecule has 5 rings (SSSR count). The van der Waals surface area contributed by atoms with Crippen LogP contribution in [0.5, 0.6) is 0 Å². The molecule has 2 amide bonds. The van der Waals surface area contributed by atoms with Gasteiger partial charge in [-0.15, -0.1) is 0 Å². The van der Waals surface area contributed by atoms with E-state index in [1.54, 1.807) is 11.0 Å². The summed E-state index contributed by atoms with van der Waals surface area (Å²) >= 11 is 5.82. The van der Waals surface area contributed by atoms with Crippen LogP contribution in [0.15, 0.2) is 48.5 Å². The predicted molar refractivity (Wildman–Crippen MR) is 135 cm³/mol. The summed E-state index contributed by atoms with van der Waals surface area (Å²) in [6.45, 7) is 3.84. The zero-order chi connectivity index (χ0) is 24.4. The molecule has 35 heavy (non-hydrogen) atoms. The SMILES string of the molecule is N#CCC1(N2CCC(CNC3CC3c3ccccc3)CC2)CN(C(=O)Nc2cccc(Cl)c2F)C1. The third-order valence-electron chi connectivity index (χ3n) is 7.83. The van der Waals surface area contributed by atoms with Gasteiger partial charge in [0.1, 0.15) is 0 Å². The van der Waals surface area contributed by atoms with E-state index in [9.17, 15) is 14.4 Å². The molecule has 3 fully saturated rings. The minimum absolute atomic E-state index is 0.0279. The van der Waals surface area contributed by atoms with Crippen LogP contribution < -0.4 is 10.6 Å². The number of nitriles is 1. The van der Waals surface area contributed by atoms with Crippen molar-refractivity contribution in [3.05, 3.63) is 64.9 Å². The summed E-state index contributed by atoms with van der Waals surface area (Å²) in [5.41, 5.74) is 1.18. The average molecular weight is 496 g/mol. The first-order valence-electron chi connectivity index (χ1n) is 12.4. The number of anilines is 1. The Hall–Kier alpha value is -2.66. The fourth-order valence-corrected chi connectivity index (χ4v) is 5.77. The van der Waals surface area contributed by atoms with Gasteiger partial charge >= 0.3 is 6.03 Å². The number of benzene rings is 2. The smallest absolute Gasteiger partial charge is 0.321 e. The Labute approximate surface area is 211 Å². The molecule has 184 valence electrons. The van der Waals surface area contributed by atoms with E-state index in [1.807, 2.05) is 0 Å². The van der Waals surface area contributed by atoms with Crippen molar-refractivity contribution >= 4 is 23.3 Å². The minimum atomic E-state index is -0.636. The summed E-state index contributed by atoms with van der Waals surface area (Å²) in [4.78, 5) is 16.7. The maximum atomic E-state index is 14.2. The number of hydrogen-bond acceptors (Lipinski definition) is 4. The molecule has 6 nitrogen and oxygen atoms in total. The van der Waals surface area contributed by atoms with Crippen LogP contribution in [0.25, 0.3) is 0 Å². The summed E-state index contributed by atoms with van der Waals surface area (Å²) in [7, 11) is 0. The van der Waals surface area contributed by atoms with Crippen molar-refractivity contribution in [1.29, 1.82) is 5.26 Å². The van der Waals surface area contributed by atoms with E-state index >= 15 is 0 Å². The molecule has 2 aromatic carbocycles. The molecule has 2 atom stereocenters. The Kier molecular flexibility index (Phi) is 6.97. The van der Waals surface area contributed by atoms with Crippen LogP contribution >= 0.6 is 11.6 Å². The van der Waals surface area contributed by atoms with Crippen LogP contribution in [0.4, 0.5) is 14.9 Å². The van der Waals surface area contributed by atoms with Gasteiger partial charge in [-0.1, -0.05) is 48.0 Å². The second kappa shape index (κ2) is 10.1. The molecule has 3 aliphatic rings. The molecule has 0 aromatic heterocycles. The largest absolute Gasteiger partial charge is 0.322 e. The van der Waals surface area contributed by atoms with Gasteiger partial charge < -0.3 is 15.5 Å². The number of rotatable bonds is 7. The number of amides is 2. The Bertz CT molecular complexity index is 1090. The number of nitrogens with one attached hydrogen (secondary N) is 2. The molecule has 2 aliphatic heterocycles. The number of hydrogen-bond donors (Lipinski definition) is 2. The Morgan fingerprint density at radius 3 is 2.60 bits per heavy atom. The molecule has 8 heteroatoms. The highest BCUT2D eigenvalue weighted by Crippen LogP contribution is 2.41. The Balaban J connectivity index is 1.09. The van der Waals surface area contributed by atoms with Crippen molar-refractivity contribution in [2.24, 2.45) is 5.92 Å². The third-order valence-corrected chi connectivity index (χ3v) is 8.12. The summed E-state index contributed by atoms with van der Waals surface area (Å²) in [5.74, 6) is 0.638. The molecule has 2 saturated heterocycles. The summed E-state index contributed by atoms with van der Waals surface area (Å²) < 4.78 is 14.2. The monoisotopic (exact) mass is 495 g/mol. The molecule has 2 unspecified atom stereocenters. The second-order valence-electron chi connectivity index (χ2n) is 10.1. The van der Waals surface area contributed by atoms with Gasteiger partial charge in [-0.25, -0.2) is 9.18 Å². The van der Waals surface area contributed by atoms with E-state index in [0.29, 0.717) is 37.4 Å². The molecule has 0 bridgehead atoms. The first-order valence-corrected chi connectivity index (χ1v) is 12.8. The van der Waals surface area contributed by atoms with E-state index in [-0.39, 0.29) is 22.3 Å². The lowest BCUT2D eigenvalue weighted by Gasteiger charge is -2.56.